The average molecular weight is 300 g/mol. The fourth-order valence-electron chi connectivity index (χ4n) is 2.61. The number of unbranched alkanes of at least 4 members (excludes halogenated alkanes) is 2. The van der Waals surface area contributed by atoms with Crippen LogP contribution >= 0.6 is 0 Å². The molecule has 0 spiro atoms. The van der Waals surface area contributed by atoms with E-state index < -0.39 is 0 Å². The first-order valence-electron chi connectivity index (χ1n) is 8.00. The Kier molecular flexibility index (Phi) is 5.36. The summed E-state index contributed by atoms with van der Waals surface area (Å²) in [4.78, 5) is 24.9. The molecule has 0 unspecified atom stereocenters. The molecule has 0 atom stereocenters. The molecule has 22 heavy (non-hydrogen) atoms. The highest BCUT2D eigenvalue weighted by Crippen LogP contribution is 2.14. The van der Waals surface area contributed by atoms with Gasteiger partial charge in [0.25, 0.3) is 5.91 Å². The number of fused-ring (bicyclic) bond motifs is 1. The van der Waals surface area contributed by atoms with E-state index in [0.717, 1.165) is 36.9 Å². The Morgan fingerprint density at radius 3 is 2.68 bits per heavy atom. The molecule has 1 aromatic heterocycles. The second-order valence-corrected chi connectivity index (χ2v) is 5.64. The molecule has 2 aromatic rings. The van der Waals surface area contributed by atoms with E-state index in [9.17, 15) is 9.59 Å². The van der Waals surface area contributed by atoms with E-state index in [0.29, 0.717) is 11.9 Å². The molecule has 1 amide bonds. The van der Waals surface area contributed by atoms with Crippen molar-refractivity contribution >= 4 is 16.8 Å². The zero-order valence-electron chi connectivity index (χ0n) is 13.6. The molecular formula is C18H24N2O2. The Balaban J connectivity index is 2.39. The van der Waals surface area contributed by atoms with E-state index in [1.165, 1.54) is 0 Å². The van der Waals surface area contributed by atoms with Crippen LogP contribution in [-0.4, -0.2) is 17.0 Å². The van der Waals surface area contributed by atoms with Crippen LogP contribution in [-0.2, 0) is 6.54 Å². The average Bonchev–Trinajstić information content (AvgIpc) is 2.52. The molecule has 0 aliphatic rings. The molecular weight excluding hydrogens is 276 g/mol. The van der Waals surface area contributed by atoms with Crippen LogP contribution in [0.3, 0.4) is 0 Å². The van der Waals surface area contributed by atoms with Crippen molar-refractivity contribution in [1.29, 1.82) is 0 Å². The van der Waals surface area contributed by atoms with Crippen molar-refractivity contribution in [3.8, 4) is 0 Å². The van der Waals surface area contributed by atoms with E-state index in [2.05, 4.69) is 12.2 Å². The molecule has 1 heterocycles. The van der Waals surface area contributed by atoms with Gasteiger partial charge in [-0.3, -0.25) is 9.59 Å². The largest absolute Gasteiger partial charge is 0.352 e. The Morgan fingerprint density at radius 1 is 1.23 bits per heavy atom. The molecule has 4 heteroatoms. The predicted molar refractivity (Wildman–Crippen MR) is 90.5 cm³/mol. The van der Waals surface area contributed by atoms with Crippen LogP contribution in [0.4, 0.5) is 0 Å². The van der Waals surface area contributed by atoms with E-state index in [-0.39, 0.29) is 16.9 Å². The topological polar surface area (TPSA) is 51.1 Å². The number of nitrogens with one attached hydrogen (secondary N) is 1. The zero-order valence-corrected chi connectivity index (χ0v) is 13.6. The molecule has 1 N–H and O–H groups in total. The maximum absolute atomic E-state index is 12.6. The summed E-state index contributed by atoms with van der Waals surface area (Å²) in [6.07, 6.45) is 4.80. The fraction of sp³-hybridized carbons (Fsp3) is 0.444. The van der Waals surface area contributed by atoms with Crippen molar-refractivity contribution in [2.75, 3.05) is 6.54 Å². The summed E-state index contributed by atoms with van der Waals surface area (Å²) in [5.41, 5.74) is 1.95. The third-order valence-electron chi connectivity index (χ3n) is 3.89. The van der Waals surface area contributed by atoms with Gasteiger partial charge in [-0.25, -0.2) is 0 Å². The van der Waals surface area contributed by atoms with Gasteiger partial charge in [-0.2, -0.15) is 0 Å². The minimum Gasteiger partial charge on any atom is -0.352 e. The van der Waals surface area contributed by atoms with Gasteiger partial charge in [0, 0.05) is 24.7 Å². The molecule has 0 bridgehead atoms. The number of aromatic nitrogens is 1. The first-order chi connectivity index (χ1) is 10.6. The van der Waals surface area contributed by atoms with Crippen molar-refractivity contribution in [1.82, 2.24) is 9.88 Å². The van der Waals surface area contributed by atoms with Gasteiger partial charge >= 0.3 is 0 Å². The minimum atomic E-state index is -0.272. The van der Waals surface area contributed by atoms with Crippen molar-refractivity contribution in [2.45, 2.75) is 46.6 Å². The molecule has 2 rings (SSSR count). The molecule has 118 valence electrons. The van der Waals surface area contributed by atoms with E-state index in [1.807, 2.05) is 36.6 Å². The third-order valence-corrected chi connectivity index (χ3v) is 3.89. The van der Waals surface area contributed by atoms with Crippen molar-refractivity contribution in [3.63, 3.8) is 0 Å². The summed E-state index contributed by atoms with van der Waals surface area (Å²) in [5, 5.41) is 3.47. The number of hydrogen-bond donors (Lipinski definition) is 1. The Hall–Kier alpha value is -2.10. The predicted octanol–water partition coefficient (Wildman–Crippen LogP) is 3.25. The van der Waals surface area contributed by atoms with Crippen LogP contribution in [0.1, 0.15) is 49.0 Å². The summed E-state index contributed by atoms with van der Waals surface area (Å²) >= 11 is 0. The number of amides is 1. The second-order valence-electron chi connectivity index (χ2n) is 5.64. The minimum absolute atomic E-state index is 0.184. The van der Waals surface area contributed by atoms with Crippen molar-refractivity contribution < 1.29 is 4.79 Å². The van der Waals surface area contributed by atoms with Gasteiger partial charge in [-0.05, 0) is 32.4 Å². The lowest BCUT2D eigenvalue weighted by Crippen LogP contribution is -2.30. The summed E-state index contributed by atoms with van der Waals surface area (Å²) in [7, 11) is 0. The number of pyridine rings is 1. The van der Waals surface area contributed by atoms with Gasteiger partial charge < -0.3 is 9.88 Å². The first kappa shape index (κ1) is 16.3. The number of hydrogen-bond acceptors (Lipinski definition) is 2. The number of nitrogens with zero attached hydrogens (tertiary/aromatic N) is 1. The Labute approximate surface area is 131 Å². The van der Waals surface area contributed by atoms with Gasteiger partial charge in [-0.1, -0.05) is 31.4 Å². The quantitative estimate of drug-likeness (QED) is 0.833. The van der Waals surface area contributed by atoms with Crippen LogP contribution in [0.5, 0.6) is 0 Å². The number of carbonyl (C=O) groups excluding carboxylic acids is 1. The van der Waals surface area contributed by atoms with E-state index >= 15 is 0 Å². The Bertz CT molecular complexity index is 732. The molecule has 0 fully saturated rings. The van der Waals surface area contributed by atoms with E-state index in [4.69, 9.17) is 0 Å². The maximum atomic E-state index is 12.6. The van der Waals surface area contributed by atoms with Crippen LogP contribution in [0.15, 0.2) is 29.2 Å². The first-order valence-corrected chi connectivity index (χ1v) is 8.00. The number of aryl methyl sites for hydroxylation is 2. The summed E-state index contributed by atoms with van der Waals surface area (Å²) < 4.78 is 1.96. The summed E-state index contributed by atoms with van der Waals surface area (Å²) in [6.45, 7) is 7.41. The summed E-state index contributed by atoms with van der Waals surface area (Å²) in [5.74, 6) is -0.272. The molecule has 0 aliphatic heterocycles. The van der Waals surface area contributed by atoms with Crippen LogP contribution in [0, 0.1) is 6.92 Å². The van der Waals surface area contributed by atoms with Gasteiger partial charge in [0.2, 0.25) is 5.43 Å². The third kappa shape index (κ3) is 3.38. The van der Waals surface area contributed by atoms with Gasteiger partial charge in [0.05, 0.1) is 5.52 Å². The van der Waals surface area contributed by atoms with Gasteiger partial charge in [-0.15, -0.1) is 0 Å². The summed E-state index contributed by atoms with van der Waals surface area (Å²) in [6, 6.07) is 5.79. The van der Waals surface area contributed by atoms with Crippen LogP contribution in [0.25, 0.3) is 10.9 Å². The lowest BCUT2D eigenvalue weighted by Gasteiger charge is -2.12. The van der Waals surface area contributed by atoms with Crippen molar-refractivity contribution in [3.05, 3.63) is 45.7 Å². The molecule has 4 nitrogen and oxygen atoms in total. The van der Waals surface area contributed by atoms with E-state index in [1.54, 1.807) is 6.20 Å². The smallest absolute Gasteiger partial charge is 0.256 e. The highest BCUT2D eigenvalue weighted by molar-refractivity contribution is 5.97. The van der Waals surface area contributed by atoms with Crippen molar-refractivity contribution in [2.24, 2.45) is 0 Å². The lowest BCUT2D eigenvalue weighted by atomic mass is 10.1. The maximum Gasteiger partial charge on any atom is 0.256 e. The standard InChI is InChI=1S/C18H24N2O2/c1-4-6-7-10-19-18(22)15-12-20(5-2)16-9-8-13(3)11-14(16)17(15)21/h8-9,11-12H,4-7,10H2,1-3H3,(H,19,22). The SMILES string of the molecule is CCCCCNC(=O)c1cn(CC)c2ccc(C)cc2c1=O. The normalized spacial score (nSPS) is 10.9. The molecule has 0 saturated heterocycles. The lowest BCUT2D eigenvalue weighted by molar-refractivity contribution is 0.0951. The molecule has 1 aromatic carbocycles. The fourth-order valence-corrected chi connectivity index (χ4v) is 2.61. The van der Waals surface area contributed by atoms with Gasteiger partial charge in [0.1, 0.15) is 5.56 Å². The highest BCUT2D eigenvalue weighted by Gasteiger charge is 2.14. The zero-order chi connectivity index (χ0) is 16.1. The highest BCUT2D eigenvalue weighted by atomic mass is 16.2. The second kappa shape index (κ2) is 7.25. The number of benzene rings is 1. The molecule has 0 radical (unpaired) electrons. The van der Waals surface area contributed by atoms with Gasteiger partial charge in [0.15, 0.2) is 0 Å². The van der Waals surface area contributed by atoms with Crippen LogP contribution in [0.2, 0.25) is 0 Å². The number of rotatable bonds is 6. The van der Waals surface area contributed by atoms with Crippen LogP contribution < -0.4 is 10.7 Å². The Morgan fingerprint density at radius 2 is 2.00 bits per heavy atom. The molecule has 0 aliphatic carbocycles. The molecule has 0 saturated carbocycles. The monoisotopic (exact) mass is 300 g/mol. The number of carbonyl (C=O) groups is 1.